The highest BCUT2D eigenvalue weighted by Gasteiger charge is 2.41. The molecule has 7 heteroatoms. The van der Waals surface area contributed by atoms with E-state index >= 15 is 0 Å². The van der Waals surface area contributed by atoms with E-state index in [-0.39, 0.29) is 17.8 Å². The number of ether oxygens (including phenoxy) is 1. The van der Waals surface area contributed by atoms with Gasteiger partial charge in [0.05, 0.1) is 5.92 Å². The van der Waals surface area contributed by atoms with E-state index in [1.54, 1.807) is 29.2 Å². The first-order valence-corrected chi connectivity index (χ1v) is 12.7. The minimum absolute atomic E-state index is 0.0326. The van der Waals surface area contributed by atoms with Gasteiger partial charge in [-0.05, 0) is 71.7 Å². The molecule has 1 unspecified atom stereocenters. The van der Waals surface area contributed by atoms with Gasteiger partial charge >= 0.3 is 5.97 Å². The molecule has 0 bridgehead atoms. The fourth-order valence-electron chi connectivity index (χ4n) is 4.58. The second-order valence-electron chi connectivity index (χ2n) is 10.0. The lowest BCUT2D eigenvalue weighted by Gasteiger charge is -2.44. The van der Waals surface area contributed by atoms with Gasteiger partial charge in [0, 0.05) is 47.9 Å². The molecule has 1 N–H and O–H groups in total. The van der Waals surface area contributed by atoms with Crippen molar-refractivity contribution in [1.82, 2.24) is 9.80 Å². The van der Waals surface area contributed by atoms with E-state index in [4.69, 9.17) is 16.3 Å². The van der Waals surface area contributed by atoms with Crippen LogP contribution in [0.2, 0.25) is 5.02 Å². The van der Waals surface area contributed by atoms with Gasteiger partial charge in [-0.15, -0.1) is 0 Å². The number of amides is 1. The molecule has 0 spiro atoms. The van der Waals surface area contributed by atoms with Crippen LogP contribution in [-0.4, -0.2) is 58.6 Å². The number of benzene rings is 2. The summed E-state index contributed by atoms with van der Waals surface area (Å²) >= 11 is 6.12. The van der Waals surface area contributed by atoms with Gasteiger partial charge in [0.1, 0.15) is 5.60 Å². The smallest absolute Gasteiger partial charge is 0.309 e. The van der Waals surface area contributed by atoms with Gasteiger partial charge in [0.25, 0.3) is 5.91 Å². The Hall–Kier alpha value is -2.41. The zero-order valence-electron chi connectivity index (χ0n) is 21.4. The molecule has 3 rings (SSSR count). The van der Waals surface area contributed by atoms with Crippen molar-refractivity contribution in [3.8, 4) is 0 Å². The molecule has 35 heavy (non-hydrogen) atoms. The van der Waals surface area contributed by atoms with Gasteiger partial charge in [-0.3, -0.25) is 14.5 Å². The van der Waals surface area contributed by atoms with Crippen molar-refractivity contribution in [1.29, 1.82) is 0 Å². The van der Waals surface area contributed by atoms with Gasteiger partial charge in [0.2, 0.25) is 0 Å². The number of aliphatic hydroxyl groups is 1. The number of hydrogen-bond donors (Lipinski definition) is 1. The Bertz CT molecular complexity index is 1000. The predicted octanol–water partition coefficient (Wildman–Crippen LogP) is 5.07. The number of nitrogens with zero attached hydrogens (tertiary/aromatic N) is 2. The topological polar surface area (TPSA) is 70.1 Å². The molecule has 1 saturated heterocycles. The van der Waals surface area contributed by atoms with E-state index in [0.29, 0.717) is 60.7 Å². The lowest BCUT2D eigenvalue weighted by atomic mass is 9.88. The highest BCUT2D eigenvalue weighted by atomic mass is 35.5. The number of hydrogen-bond acceptors (Lipinski definition) is 5. The molecule has 1 fully saturated rings. The van der Waals surface area contributed by atoms with Crippen molar-refractivity contribution < 1.29 is 19.4 Å². The molecule has 6 nitrogen and oxygen atoms in total. The van der Waals surface area contributed by atoms with Gasteiger partial charge in [-0.25, -0.2) is 0 Å². The fraction of sp³-hybridized carbons (Fsp3) is 0.500. The number of piperidine rings is 1. The SMILES string of the molecule is CCN(CC)C(=O)c1ccc(C(O)(c2ccc(Cl)cc2)N2CCC(C(=O)OC(C)(C)C)CC2)cc1. The van der Waals surface area contributed by atoms with Crippen LogP contribution in [0.5, 0.6) is 0 Å². The van der Waals surface area contributed by atoms with E-state index in [1.165, 1.54) is 0 Å². The highest BCUT2D eigenvalue weighted by molar-refractivity contribution is 6.30. The summed E-state index contributed by atoms with van der Waals surface area (Å²) in [6.07, 6.45) is 1.17. The second-order valence-corrected chi connectivity index (χ2v) is 10.5. The van der Waals surface area contributed by atoms with E-state index in [1.807, 2.05) is 63.8 Å². The maximum absolute atomic E-state index is 12.8. The lowest BCUT2D eigenvalue weighted by molar-refractivity contribution is -0.164. The zero-order chi connectivity index (χ0) is 25.8. The summed E-state index contributed by atoms with van der Waals surface area (Å²) in [5, 5.41) is 12.8. The third kappa shape index (κ3) is 6.24. The molecule has 1 atom stereocenters. The van der Waals surface area contributed by atoms with Crippen molar-refractivity contribution >= 4 is 23.5 Å². The van der Waals surface area contributed by atoms with Crippen LogP contribution in [0.15, 0.2) is 48.5 Å². The largest absolute Gasteiger partial charge is 0.460 e. The highest BCUT2D eigenvalue weighted by Crippen LogP contribution is 2.37. The summed E-state index contributed by atoms with van der Waals surface area (Å²) in [6, 6.07) is 14.3. The molecule has 1 aliphatic rings. The van der Waals surface area contributed by atoms with Crippen LogP contribution in [0.4, 0.5) is 0 Å². The summed E-state index contributed by atoms with van der Waals surface area (Å²) in [5.74, 6) is -0.421. The van der Waals surface area contributed by atoms with Crippen LogP contribution >= 0.6 is 11.6 Å². The molecule has 190 valence electrons. The molecule has 1 aliphatic heterocycles. The predicted molar refractivity (Wildman–Crippen MR) is 138 cm³/mol. The quantitative estimate of drug-likeness (QED) is 0.537. The first-order valence-electron chi connectivity index (χ1n) is 12.4. The average molecular weight is 501 g/mol. The van der Waals surface area contributed by atoms with E-state index < -0.39 is 11.3 Å². The Labute approximate surface area is 213 Å². The number of carbonyl (C=O) groups is 2. The van der Waals surface area contributed by atoms with Crippen molar-refractivity contribution in [3.63, 3.8) is 0 Å². The number of carbonyl (C=O) groups excluding carboxylic acids is 2. The second kappa shape index (κ2) is 11.1. The Morgan fingerprint density at radius 3 is 1.91 bits per heavy atom. The maximum Gasteiger partial charge on any atom is 0.309 e. The van der Waals surface area contributed by atoms with Crippen molar-refractivity contribution in [2.24, 2.45) is 5.92 Å². The molecule has 1 amide bonds. The summed E-state index contributed by atoms with van der Waals surface area (Å²) in [5.41, 5.74) is -0.0327. The minimum atomic E-state index is -1.43. The van der Waals surface area contributed by atoms with E-state index in [0.717, 1.165) is 0 Å². The molecule has 2 aromatic rings. The Kier molecular flexibility index (Phi) is 8.63. The normalized spacial score (nSPS) is 17.0. The van der Waals surface area contributed by atoms with Gasteiger partial charge in [-0.2, -0.15) is 0 Å². The zero-order valence-corrected chi connectivity index (χ0v) is 22.1. The molecule has 1 heterocycles. The summed E-state index contributed by atoms with van der Waals surface area (Å²) in [4.78, 5) is 29.1. The Morgan fingerprint density at radius 2 is 1.46 bits per heavy atom. The number of rotatable bonds is 7. The summed E-state index contributed by atoms with van der Waals surface area (Å²) in [6.45, 7) is 11.8. The Balaban J connectivity index is 1.89. The van der Waals surface area contributed by atoms with Crippen molar-refractivity contribution in [3.05, 3.63) is 70.2 Å². The lowest BCUT2D eigenvalue weighted by Crippen LogP contribution is -2.51. The van der Waals surface area contributed by atoms with Gasteiger partial charge in [0.15, 0.2) is 5.72 Å². The first kappa shape index (κ1) is 27.2. The van der Waals surface area contributed by atoms with Crippen LogP contribution in [0.1, 0.15) is 68.9 Å². The van der Waals surface area contributed by atoms with Gasteiger partial charge < -0.3 is 14.7 Å². The third-order valence-corrected chi connectivity index (χ3v) is 6.78. The third-order valence-electron chi connectivity index (χ3n) is 6.52. The number of halogens is 1. The fourth-order valence-corrected chi connectivity index (χ4v) is 4.70. The van der Waals surface area contributed by atoms with Crippen molar-refractivity contribution in [2.75, 3.05) is 26.2 Å². The van der Waals surface area contributed by atoms with E-state index in [2.05, 4.69) is 0 Å². The van der Waals surface area contributed by atoms with Gasteiger partial charge in [-0.1, -0.05) is 35.9 Å². The summed E-state index contributed by atoms with van der Waals surface area (Å²) < 4.78 is 5.58. The molecular formula is C28H37ClN2O4. The van der Waals surface area contributed by atoms with Crippen molar-refractivity contribution in [2.45, 2.75) is 58.8 Å². The maximum atomic E-state index is 12.8. The summed E-state index contributed by atoms with van der Waals surface area (Å²) in [7, 11) is 0. The van der Waals surface area contributed by atoms with Crippen LogP contribution in [0.3, 0.4) is 0 Å². The molecule has 2 aromatic carbocycles. The molecule has 0 saturated carbocycles. The molecule has 0 aliphatic carbocycles. The molecular weight excluding hydrogens is 464 g/mol. The monoisotopic (exact) mass is 500 g/mol. The number of esters is 1. The van der Waals surface area contributed by atoms with Crippen LogP contribution in [-0.2, 0) is 15.3 Å². The Morgan fingerprint density at radius 1 is 0.971 bits per heavy atom. The average Bonchev–Trinajstić information content (AvgIpc) is 2.84. The van der Waals surface area contributed by atoms with E-state index in [9.17, 15) is 14.7 Å². The molecule has 0 radical (unpaired) electrons. The molecule has 0 aromatic heterocycles. The minimum Gasteiger partial charge on any atom is -0.460 e. The number of likely N-dealkylation sites (tertiary alicyclic amines) is 1. The first-order chi connectivity index (χ1) is 16.5. The van der Waals surface area contributed by atoms with Crippen LogP contribution < -0.4 is 0 Å². The van der Waals surface area contributed by atoms with Crippen LogP contribution in [0.25, 0.3) is 0 Å². The standard InChI is InChI=1S/C28H37ClN2O4/c1-6-30(7-2)25(32)20-8-10-22(11-9-20)28(34,23-12-14-24(29)15-13-23)31-18-16-21(17-19-31)26(33)35-27(3,4)5/h8-15,21,34H,6-7,16-19H2,1-5H3. The van der Waals surface area contributed by atoms with Crippen LogP contribution in [0, 0.1) is 5.92 Å².